The Kier molecular flexibility index (Phi) is 6.87. The topological polar surface area (TPSA) is 93.1 Å². The van der Waals surface area contributed by atoms with Crippen LogP contribution in [0.3, 0.4) is 0 Å². The van der Waals surface area contributed by atoms with Crippen LogP contribution in [-0.2, 0) is 0 Å². The van der Waals surface area contributed by atoms with Gasteiger partial charge in [0, 0.05) is 0 Å². The van der Waals surface area contributed by atoms with Crippen molar-refractivity contribution in [3.8, 4) is 45.3 Å². The van der Waals surface area contributed by atoms with Gasteiger partial charge in [-0.15, -0.1) is 0 Å². The standard InChI is InChI=1S/C32H22O6/c33-31(34)23-8-4-10-26(18-23)37-25-14-12-22(13-15-25)29-17-16-28(20-30(29)21-6-2-1-3-7-21)38-27-11-5-9-24(19-27)32(35)36/h1-20H,(H,33,34)(H,35,36). The lowest BCUT2D eigenvalue weighted by Gasteiger charge is -2.14. The third-order valence-electron chi connectivity index (χ3n) is 5.87. The molecule has 6 heteroatoms. The quantitative estimate of drug-likeness (QED) is 0.223. The van der Waals surface area contributed by atoms with Gasteiger partial charge in [0.1, 0.15) is 23.0 Å². The number of carboxylic acid groups (broad SMARTS) is 2. The summed E-state index contributed by atoms with van der Waals surface area (Å²) in [7, 11) is 0. The number of hydrogen-bond donors (Lipinski definition) is 2. The van der Waals surface area contributed by atoms with Crippen LogP contribution in [-0.4, -0.2) is 22.2 Å². The summed E-state index contributed by atoms with van der Waals surface area (Å²) >= 11 is 0. The van der Waals surface area contributed by atoms with Gasteiger partial charge in [-0.05, 0) is 82.9 Å². The summed E-state index contributed by atoms with van der Waals surface area (Å²) < 4.78 is 11.9. The van der Waals surface area contributed by atoms with Crippen molar-refractivity contribution in [1.82, 2.24) is 0 Å². The third-order valence-corrected chi connectivity index (χ3v) is 5.87. The van der Waals surface area contributed by atoms with Crippen LogP contribution in [0.15, 0.2) is 121 Å². The van der Waals surface area contributed by atoms with Crippen molar-refractivity contribution in [2.24, 2.45) is 0 Å². The molecular weight excluding hydrogens is 480 g/mol. The van der Waals surface area contributed by atoms with Crippen molar-refractivity contribution >= 4 is 11.9 Å². The normalized spacial score (nSPS) is 10.5. The van der Waals surface area contributed by atoms with Crippen LogP contribution in [0.4, 0.5) is 0 Å². The molecule has 0 fully saturated rings. The van der Waals surface area contributed by atoms with Gasteiger partial charge in [0.15, 0.2) is 0 Å². The lowest BCUT2D eigenvalue weighted by Crippen LogP contribution is -1.96. The molecule has 0 bridgehead atoms. The molecule has 186 valence electrons. The van der Waals surface area contributed by atoms with Crippen LogP contribution < -0.4 is 9.47 Å². The number of aromatic carboxylic acids is 2. The van der Waals surface area contributed by atoms with E-state index in [2.05, 4.69) is 0 Å². The summed E-state index contributed by atoms with van der Waals surface area (Å²) in [5.74, 6) is 0.00416. The van der Waals surface area contributed by atoms with Gasteiger partial charge >= 0.3 is 11.9 Å². The number of hydrogen-bond acceptors (Lipinski definition) is 4. The molecule has 0 radical (unpaired) electrons. The second-order valence-corrected chi connectivity index (χ2v) is 8.47. The highest BCUT2D eigenvalue weighted by molar-refractivity contribution is 5.89. The Bertz CT molecular complexity index is 1610. The third kappa shape index (κ3) is 5.55. The van der Waals surface area contributed by atoms with E-state index in [1.165, 1.54) is 24.3 Å². The summed E-state index contributed by atoms with van der Waals surface area (Å²) in [5, 5.41) is 18.5. The van der Waals surface area contributed by atoms with E-state index in [4.69, 9.17) is 9.47 Å². The van der Waals surface area contributed by atoms with Crippen LogP contribution in [0.25, 0.3) is 22.3 Å². The molecule has 0 aliphatic heterocycles. The van der Waals surface area contributed by atoms with Crippen molar-refractivity contribution in [1.29, 1.82) is 0 Å². The Morgan fingerprint density at radius 3 is 1.53 bits per heavy atom. The zero-order valence-electron chi connectivity index (χ0n) is 20.1. The summed E-state index contributed by atoms with van der Waals surface area (Å²) in [6, 6.07) is 35.9. The van der Waals surface area contributed by atoms with E-state index in [1.807, 2.05) is 72.8 Å². The number of rotatable bonds is 8. The first-order valence-corrected chi connectivity index (χ1v) is 11.8. The van der Waals surface area contributed by atoms with Gasteiger partial charge in [-0.25, -0.2) is 9.59 Å². The van der Waals surface area contributed by atoms with E-state index in [-0.39, 0.29) is 11.1 Å². The van der Waals surface area contributed by atoms with Crippen molar-refractivity contribution in [3.63, 3.8) is 0 Å². The first-order chi connectivity index (χ1) is 18.5. The van der Waals surface area contributed by atoms with E-state index in [1.54, 1.807) is 24.3 Å². The molecule has 0 saturated carbocycles. The van der Waals surface area contributed by atoms with Gasteiger partial charge in [-0.2, -0.15) is 0 Å². The number of ether oxygens (including phenoxy) is 2. The molecule has 0 aliphatic carbocycles. The fourth-order valence-corrected chi connectivity index (χ4v) is 4.06. The lowest BCUT2D eigenvalue weighted by atomic mass is 9.94. The molecule has 6 nitrogen and oxygen atoms in total. The van der Waals surface area contributed by atoms with Crippen molar-refractivity contribution in [3.05, 3.63) is 132 Å². The predicted molar refractivity (Wildman–Crippen MR) is 144 cm³/mol. The first kappa shape index (κ1) is 24.3. The maximum Gasteiger partial charge on any atom is 0.335 e. The smallest absolute Gasteiger partial charge is 0.335 e. The van der Waals surface area contributed by atoms with Crippen LogP contribution in [0.2, 0.25) is 0 Å². The summed E-state index contributed by atoms with van der Waals surface area (Å²) in [6.07, 6.45) is 0. The molecule has 38 heavy (non-hydrogen) atoms. The maximum atomic E-state index is 11.3. The maximum absolute atomic E-state index is 11.3. The van der Waals surface area contributed by atoms with Gasteiger partial charge in [0.25, 0.3) is 0 Å². The molecule has 0 unspecified atom stereocenters. The minimum Gasteiger partial charge on any atom is -0.478 e. The molecule has 5 aromatic rings. The summed E-state index contributed by atoms with van der Waals surface area (Å²) in [5.41, 5.74) is 4.18. The van der Waals surface area contributed by atoms with Gasteiger partial charge in [-0.1, -0.05) is 60.7 Å². The second kappa shape index (κ2) is 10.7. The van der Waals surface area contributed by atoms with Crippen LogP contribution in [0, 0.1) is 0 Å². The van der Waals surface area contributed by atoms with Gasteiger partial charge in [0.05, 0.1) is 11.1 Å². The van der Waals surface area contributed by atoms with E-state index >= 15 is 0 Å². The zero-order valence-corrected chi connectivity index (χ0v) is 20.1. The largest absolute Gasteiger partial charge is 0.478 e. The molecule has 0 aromatic heterocycles. The molecule has 0 aliphatic rings. The number of carboxylic acids is 2. The number of benzene rings is 5. The zero-order chi connectivity index (χ0) is 26.5. The highest BCUT2D eigenvalue weighted by Gasteiger charge is 2.12. The summed E-state index contributed by atoms with van der Waals surface area (Å²) in [6.45, 7) is 0. The minimum atomic E-state index is -1.02. The van der Waals surface area contributed by atoms with E-state index in [0.29, 0.717) is 23.0 Å². The molecule has 0 heterocycles. The fourth-order valence-electron chi connectivity index (χ4n) is 4.06. The van der Waals surface area contributed by atoms with Crippen molar-refractivity contribution in [2.75, 3.05) is 0 Å². The highest BCUT2D eigenvalue weighted by atomic mass is 16.5. The minimum absolute atomic E-state index is 0.152. The molecule has 0 saturated heterocycles. The van der Waals surface area contributed by atoms with Crippen molar-refractivity contribution in [2.45, 2.75) is 0 Å². The van der Waals surface area contributed by atoms with E-state index < -0.39 is 11.9 Å². The molecule has 0 atom stereocenters. The predicted octanol–water partition coefficient (Wildman–Crippen LogP) is 8.00. The second-order valence-electron chi connectivity index (χ2n) is 8.47. The molecular formula is C32H22O6. The SMILES string of the molecule is O=C(O)c1cccc(Oc2ccc(-c3ccc(Oc4cccc(C(=O)O)c4)cc3-c3ccccc3)cc2)c1. The summed E-state index contributed by atoms with van der Waals surface area (Å²) in [4.78, 5) is 22.6. The Morgan fingerprint density at radius 2 is 0.947 bits per heavy atom. The molecule has 0 spiro atoms. The number of carbonyl (C=O) groups is 2. The molecule has 0 amide bonds. The van der Waals surface area contributed by atoms with Crippen LogP contribution >= 0.6 is 0 Å². The molecule has 2 N–H and O–H groups in total. The molecule has 5 rings (SSSR count). The van der Waals surface area contributed by atoms with Crippen LogP contribution in [0.1, 0.15) is 20.7 Å². The monoisotopic (exact) mass is 502 g/mol. The Labute approximate surface area is 219 Å². The Morgan fingerprint density at radius 1 is 0.447 bits per heavy atom. The van der Waals surface area contributed by atoms with Crippen molar-refractivity contribution < 1.29 is 29.3 Å². The highest BCUT2D eigenvalue weighted by Crippen LogP contribution is 2.37. The molecule has 5 aromatic carbocycles. The lowest BCUT2D eigenvalue weighted by molar-refractivity contribution is 0.0686. The van der Waals surface area contributed by atoms with Gasteiger partial charge < -0.3 is 19.7 Å². The first-order valence-electron chi connectivity index (χ1n) is 11.8. The van der Waals surface area contributed by atoms with Gasteiger partial charge in [-0.3, -0.25) is 0 Å². The fraction of sp³-hybridized carbons (Fsp3) is 0. The Hall–Kier alpha value is -5.36. The van der Waals surface area contributed by atoms with E-state index in [0.717, 1.165) is 22.3 Å². The average molecular weight is 503 g/mol. The van der Waals surface area contributed by atoms with Crippen LogP contribution in [0.5, 0.6) is 23.0 Å². The Balaban J connectivity index is 1.45. The van der Waals surface area contributed by atoms with Gasteiger partial charge in [0.2, 0.25) is 0 Å². The average Bonchev–Trinajstić information content (AvgIpc) is 2.94. The van der Waals surface area contributed by atoms with E-state index in [9.17, 15) is 19.8 Å².